The van der Waals surface area contributed by atoms with E-state index in [-0.39, 0.29) is 0 Å². The van der Waals surface area contributed by atoms with Crippen LogP contribution in [-0.4, -0.2) is 18.6 Å². The third-order valence-corrected chi connectivity index (χ3v) is 3.84. The third kappa shape index (κ3) is 2.81. The lowest BCUT2D eigenvalue weighted by Crippen LogP contribution is -1.95. The van der Waals surface area contributed by atoms with Crippen molar-refractivity contribution in [2.24, 2.45) is 0 Å². The Bertz CT molecular complexity index is 295. The Morgan fingerprint density at radius 3 is 2.50 bits per heavy atom. The lowest BCUT2D eigenvalue weighted by Gasteiger charge is -2.15. The summed E-state index contributed by atoms with van der Waals surface area (Å²) in [6.07, 6.45) is 2.90. The van der Waals surface area contributed by atoms with Crippen LogP contribution in [0.4, 0.5) is 0 Å². The zero-order chi connectivity index (χ0) is 10.4. The van der Waals surface area contributed by atoms with Crippen molar-refractivity contribution in [2.45, 2.75) is 13.8 Å². The molecule has 0 fully saturated rings. The van der Waals surface area contributed by atoms with E-state index in [9.17, 15) is 4.79 Å². The second-order valence-electron chi connectivity index (χ2n) is 2.86. The van der Waals surface area contributed by atoms with Gasteiger partial charge in [0.05, 0.1) is 13.7 Å². The molecule has 0 saturated heterocycles. The van der Waals surface area contributed by atoms with Gasteiger partial charge in [-0.1, -0.05) is 26.0 Å². The van der Waals surface area contributed by atoms with E-state index < -0.39 is 8.15 Å². The molecule has 0 bridgehead atoms. The Balaban J connectivity index is 2.79. The number of hydrogen-bond acceptors (Lipinski definition) is 2. The molecule has 0 amide bonds. The summed E-state index contributed by atoms with van der Waals surface area (Å²) in [7, 11) is -0.413. The minimum Gasteiger partial charge on any atom is -0.473 e. The predicted octanol–water partition coefficient (Wildman–Crippen LogP) is 3.31. The molecule has 2 nitrogen and oxygen atoms in total. The molecule has 0 aliphatic heterocycles. The van der Waals surface area contributed by atoms with Crippen molar-refractivity contribution in [1.29, 1.82) is 0 Å². The molecule has 14 heavy (non-hydrogen) atoms. The van der Waals surface area contributed by atoms with Gasteiger partial charge in [-0.15, -0.1) is 0 Å². The Morgan fingerprint density at radius 1 is 1.29 bits per heavy atom. The van der Waals surface area contributed by atoms with Crippen LogP contribution in [0.2, 0.25) is 0 Å². The molecular weight excluding hydrogens is 195 g/mol. The van der Waals surface area contributed by atoms with Gasteiger partial charge < -0.3 is 4.52 Å². The number of rotatable bonds is 5. The second-order valence-corrected chi connectivity index (χ2v) is 5.27. The Morgan fingerprint density at radius 2 is 1.93 bits per heavy atom. The van der Waals surface area contributed by atoms with Crippen LogP contribution in [0, 0.1) is 0 Å². The van der Waals surface area contributed by atoms with Gasteiger partial charge in [-0.25, -0.2) is 0 Å². The highest BCUT2D eigenvalue weighted by Gasteiger charge is 2.08. The SMILES string of the molecule is CCP(CC)Oc1ccccc1C=O. The first kappa shape index (κ1) is 11.2. The molecule has 0 unspecified atom stereocenters. The van der Waals surface area contributed by atoms with Gasteiger partial charge in [0, 0.05) is 12.3 Å². The zero-order valence-corrected chi connectivity index (χ0v) is 9.46. The lowest BCUT2D eigenvalue weighted by molar-refractivity contribution is 0.112. The summed E-state index contributed by atoms with van der Waals surface area (Å²) in [4.78, 5) is 10.7. The summed E-state index contributed by atoms with van der Waals surface area (Å²) < 4.78 is 5.77. The highest BCUT2D eigenvalue weighted by atomic mass is 31.1. The fourth-order valence-corrected chi connectivity index (χ4v) is 2.30. The van der Waals surface area contributed by atoms with Crippen LogP contribution in [0.25, 0.3) is 0 Å². The van der Waals surface area contributed by atoms with E-state index in [2.05, 4.69) is 13.8 Å². The maximum atomic E-state index is 10.7. The van der Waals surface area contributed by atoms with Crippen molar-refractivity contribution >= 4 is 14.4 Å². The second kappa shape index (κ2) is 5.77. The van der Waals surface area contributed by atoms with Crippen molar-refractivity contribution in [3.05, 3.63) is 29.8 Å². The van der Waals surface area contributed by atoms with Crippen LogP contribution in [0.1, 0.15) is 24.2 Å². The summed E-state index contributed by atoms with van der Waals surface area (Å²) in [6, 6.07) is 7.36. The molecule has 0 heterocycles. The summed E-state index contributed by atoms with van der Waals surface area (Å²) >= 11 is 0. The van der Waals surface area contributed by atoms with Crippen molar-refractivity contribution in [3.8, 4) is 5.75 Å². The van der Waals surface area contributed by atoms with Gasteiger partial charge in [0.2, 0.25) is 0 Å². The molecule has 0 aliphatic carbocycles. The van der Waals surface area contributed by atoms with Crippen molar-refractivity contribution in [3.63, 3.8) is 0 Å². The first-order chi connectivity index (χ1) is 6.81. The molecule has 3 heteroatoms. The van der Waals surface area contributed by atoms with Gasteiger partial charge in [-0.05, 0) is 12.1 Å². The predicted molar refractivity (Wildman–Crippen MR) is 60.5 cm³/mol. The smallest absolute Gasteiger partial charge is 0.153 e. The zero-order valence-electron chi connectivity index (χ0n) is 8.56. The topological polar surface area (TPSA) is 26.3 Å². The fraction of sp³-hybridized carbons (Fsp3) is 0.364. The van der Waals surface area contributed by atoms with Gasteiger partial charge in [-0.3, -0.25) is 4.79 Å². The maximum absolute atomic E-state index is 10.7. The number of carbonyl (C=O) groups is 1. The third-order valence-electron chi connectivity index (χ3n) is 1.98. The molecule has 1 aromatic carbocycles. The number of aldehydes is 1. The molecule has 0 atom stereocenters. The molecule has 0 radical (unpaired) electrons. The van der Waals surface area contributed by atoms with Crippen LogP contribution in [0.5, 0.6) is 5.75 Å². The highest BCUT2D eigenvalue weighted by Crippen LogP contribution is 2.37. The standard InChI is InChI=1S/C11H15O2P/c1-3-14(4-2)13-11-8-6-5-7-10(11)9-12/h5-9H,3-4H2,1-2H3. The average Bonchev–Trinajstić information content (AvgIpc) is 2.26. The molecule has 1 aromatic rings. The molecule has 0 saturated carbocycles. The Hall–Kier alpha value is -0.880. The number of benzene rings is 1. The lowest BCUT2D eigenvalue weighted by atomic mass is 10.2. The van der Waals surface area contributed by atoms with Gasteiger partial charge >= 0.3 is 0 Å². The average molecular weight is 210 g/mol. The van der Waals surface area contributed by atoms with E-state index in [1.807, 2.05) is 18.2 Å². The van der Waals surface area contributed by atoms with E-state index in [1.165, 1.54) is 0 Å². The van der Waals surface area contributed by atoms with E-state index in [0.29, 0.717) is 5.56 Å². The number of hydrogen-bond donors (Lipinski definition) is 0. The van der Waals surface area contributed by atoms with E-state index in [1.54, 1.807) is 6.07 Å². The quantitative estimate of drug-likeness (QED) is 0.550. The molecule has 1 rings (SSSR count). The van der Waals surface area contributed by atoms with E-state index in [4.69, 9.17) is 4.52 Å². The molecule has 76 valence electrons. The van der Waals surface area contributed by atoms with Gasteiger partial charge in [-0.2, -0.15) is 0 Å². The Labute approximate surface area is 86.1 Å². The first-order valence-electron chi connectivity index (χ1n) is 4.79. The molecule has 0 spiro atoms. The number of para-hydroxylation sites is 1. The summed E-state index contributed by atoms with van der Waals surface area (Å²) in [5.74, 6) is 0.720. The molecule has 0 aliphatic rings. The van der Waals surface area contributed by atoms with Gasteiger partial charge in [0.1, 0.15) is 5.75 Å². The van der Waals surface area contributed by atoms with Crippen molar-refractivity contribution < 1.29 is 9.32 Å². The summed E-state index contributed by atoms with van der Waals surface area (Å²) in [5, 5.41) is 0. The molecule has 0 aromatic heterocycles. The minimum atomic E-state index is -0.413. The van der Waals surface area contributed by atoms with Crippen LogP contribution < -0.4 is 4.52 Å². The molecule has 0 N–H and O–H groups in total. The first-order valence-corrected chi connectivity index (χ1v) is 6.42. The van der Waals surface area contributed by atoms with Gasteiger partial charge in [0.15, 0.2) is 6.29 Å². The summed E-state index contributed by atoms with van der Waals surface area (Å²) in [5.41, 5.74) is 0.641. The monoisotopic (exact) mass is 210 g/mol. The van der Waals surface area contributed by atoms with Crippen molar-refractivity contribution in [2.75, 3.05) is 12.3 Å². The summed E-state index contributed by atoms with van der Waals surface area (Å²) in [6.45, 7) is 4.22. The van der Waals surface area contributed by atoms with Crippen LogP contribution >= 0.6 is 8.15 Å². The minimum absolute atomic E-state index is 0.413. The fourth-order valence-electron chi connectivity index (χ4n) is 1.15. The molecular formula is C11H15O2P. The Kier molecular flexibility index (Phi) is 4.61. The van der Waals surface area contributed by atoms with Crippen molar-refractivity contribution in [1.82, 2.24) is 0 Å². The van der Waals surface area contributed by atoms with E-state index >= 15 is 0 Å². The van der Waals surface area contributed by atoms with Crippen LogP contribution in [-0.2, 0) is 0 Å². The van der Waals surface area contributed by atoms with Crippen LogP contribution in [0.3, 0.4) is 0 Å². The van der Waals surface area contributed by atoms with Crippen LogP contribution in [0.15, 0.2) is 24.3 Å². The van der Waals surface area contributed by atoms with Gasteiger partial charge in [0.25, 0.3) is 0 Å². The maximum Gasteiger partial charge on any atom is 0.153 e. The van der Waals surface area contributed by atoms with E-state index in [0.717, 1.165) is 24.4 Å². The largest absolute Gasteiger partial charge is 0.473 e. The highest BCUT2D eigenvalue weighted by molar-refractivity contribution is 7.52. The number of carbonyl (C=O) groups excluding carboxylic acids is 1. The normalized spacial score (nSPS) is 10.2.